The summed E-state index contributed by atoms with van der Waals surface area (Å²) >= 11 is 7.43. The molecule has 0 saturated carbocycles. The molecule has 0 N–H and O–H groups in total. The number of hydrogen-bond acceptors (Lipinski definition) is 3. The fourth-order valence-electron chi connectivity index (χ4n) is 1.43. The summed E-state index contributed by atoms with van der Waals surface area (Å²) < 4.78 is 4.66. The van der Waals surface area contributed by atoms with E-state index in [9.17, 15) is 4.79 Å². The van der Waals surface area contributed by atoms with E-state index in [1.54, 1.807) is 6.07 Å². The van der Waals surface area contributed by atoms with Crippen molar-refractivity contribution in [3.63, 3.8) is 0 Å². The van der Waals surface area contributed by atoms with Crippen molar-refractivity contribution in [2.75, 3.05) is 7.11 Å². The molecule has 2 nitrogen and oxygen atoms in total. The fourth-order valence-corrected chi connectivity index (χ4v) is 2.46. The predicted octanol–water partition coefficient (Wildman–Crippen LogP) is 4.36. The van der Waals surface area contributed by atoms with E-state index in [0.717, 1.165) is 10.4 Å². The number of esters is 1. The number of thiophene rings is 1. The molecule has 0 amide bonds. The molecule has 4 heteroatoms. The highest BCUT2D eigenvalue weighted by atomic mass is 35.5. The van der Waals surface area contributed by atoms with Gasteiger partial charge in [-0.25, -0.2) is 4.79 Å². The summed E-state index contributed by atoms with van der Waals surface area (Å²) in [6, 6.07) is 11.2. The van der Waals surface area contributed by atoms with Gasteiger partial charge >= 0.3 is 5.97 Å². The lowest BCUT2D eigenvalue weighted by molar-refractivity contribution is 0.0606. The van der Waals surface area contributed by atoms with Crippen LogP contribution in [-0.2, 0) is 4.74 Å². The summed E-state index contributed by atoms with van der Waals surface area (Å²) in [5, 5.41) is 0.707. The number of carbonyl (C=O) groups is 1. The highest BCUT2D eigenvalue weighted by Gasteiger charge is 2.07. The quantitative estimate of drug-likeness (QED) is 0.780. The SMILES string of the molecule is COC(=O)c1ccc(C=Cc2ccccc2Cl)s1. The van der Waals surface area contributed by atoms with Crippen LogP contribution in [-0.4, -0.2) is 13.1 Å². The Bertz CT molecular complexity index is 587. The monoisotopic (exact) mass is 278 g/mol. The second-order valence-corrected chi connectivity index (χ2v) is 5.07. The van der Waals surface area contributed by atoms with Gasteiger partial charge in [0.2, 0.25) is 0 Å². The van der Waals surface area contributed by atoms with E-state index in [1.807, 2.05) is 42.5 Å². The van der Waals surface area contributed by atoms with Crippen molar-refractivity contribution in [3.8, 4) is 0 Å². The van der Waals surface area contributed by atoms with Crippen LogP contribution < -0.4 is 0 Å². The summed E-state index contributed by atoms with van der Waals surface area (Å²) in [4.78, 5) is 12.9. The first-order valence-electron chi connectivity index (χ1n) is 5.31. The standard InChI is InChI=1S/C14H11ClO2S/c1-17-14(16)13-9-8-11(18-13)7-6-10-4-2-3-5-12(10)15/h2-9H,1H3. The molecule has 0 atom stereocenters. The molecule has 2 rings (SSSR count). The summed E-state index contributed by atoms with van der Waals surface area (Å²) in [6.45, 7) is 0. The Hall–Kier alpha value is -1.58. The zero-order valence-corrected chi connectivity index (χ0v) is 11.3. The Morgan fingerprint density at radius 2 is 2.00 bits per heavy atom. The lowest BCUT2D eigenvalue weighted by Crippen LogP contribution is -1.96. The Morgan fingerprint density at radius 3 is 2.72 bits per heavy atom. The van der Waals surface area contributed by atoms with Crippen LogP contribution in [0.2, 0.25) is 5.02 Å². The maximum Gasteiger partial charge on any atom is 0.348 e. The Balaban J connectivity index is 2.17. The summed E-state index contributed by atoms with van der Waals surface area (Å²) in [7, 11) is 1.38. The van der Waals surface area contributed by atoms with Gasteiger partial charge in [0.1, 0.15) is 4.88 Å². The summed E-state index contributed by atoms with van der Waals surface area (Å²) in [5.41, 5.74) is 0.951. The number of benzene rings is 1. The lowest BCUT2D eigenvalue weighted by atomic mass is 10.2. The van der Waals surface area contributed by atoms with Crippen LogP contribution >= 0.6 is 22.9 Å². The van der Waals surface area contributed by atoms with Crippen molar-refractivity contribution in [1.29, 1.82) is 0 Å². The van der Waals surface area contributed by atoms with Gasteiger partial charge in [-0.05, 0) is 29.8 Å². The molecule has 18 heavy (non-hydrogen) atoms. The van der Waals surface area contributed by atoms with Gasteiger partial charge in [0.25, 0.3) is 0 Å². The van der Waals surface area contributed by atoms with Gasteiger partial charge in [0.15, 0.2) is 0 Å². The largest absolute Gasteiger partial charge is 0.465 e. The molecule has 0 radical (unpaired) electrons. The average molecular weight is 279 g/mol. The van der Waals surface area contributed by atoms with Crippen LogP contribution in [0.25, 0.3) is 12.2 Å². The third kappa shape index (κ3) is 3.00. The van der Waals surface area contributed by atoms with Crippen molar-refractivity contribution in [1.82, 2.24) is 0 Å². The molecule has 0 saturated heterocycles. The van der Waals surface area contributed by atoms with Gasteiger partial charge in [0, 0.05) is 9.90 Å². The van der Waals surface area contributed by atoms with Crippen LogP contribution in [0.4, 0.5) is 0 Å². The molecule has 0 spiro atoms. The minimum Gasteiger partial charge on any atom is -0.465 e. The normalized spacial score (nSPS) is 10.8. The van der Waals surface area contributed by atoms with Gasteiger partial charge in [0.05, 0.1) is 7.11 Å². The molecule has 92 valence electrons. The smallest absolute Gasteiger partial charge is 0.348 e. The van der Waals surface area contributed by atoms with Crippen molar-refractivity contribution in [3.05, 3.63) is 56.7 Å². The van der Waals surface area contributed by atoms with Crippen LogP contribution in [0.15, 0.2) is 36.4 Å². The maximum absolute atomic E-state index is 11.3. The Morgan fingerprint density at radius 1 is 1.22 bits per heavy atom. The number of ether oxygens (including phenoxy) is 1. The van der Waals surface area contributed by atoms with Gasteiger partial charge in [-0.1, -0.05) is 35.9 Å². The molecule has 0 fully saturated rings. The van der Waals surface area contributed by atoms with E-state index in [4.69, 9.17) is 11.6 Å². The Labute approximate surface area is 114 Å². The van der Waals surface area contributed by atoms with Crippen LogP contribution in [0.5, 0.6) is 0 Å². The molecule has 0 aliphatic rings. The molecule has 1 aromatic heterocycles. The number of rotatable bonds is 3. The van der Waals surface area contributed by atoms with Crippen molar-refractivity contribution < 1.29 is 9.53 Å². The van der Waals surface area contributed by atoms with E-state index >= 15 is 0 Å². The highest BCUT2D eigenvalue weighted by Crippen LogP contribution is 2.22. The van der Waals surface area contributed by atoms with Crippen molar-refractivity contribution in [2.24, 2.45) is 0 Å². The van der Waals surface area contributed by atoms with Gasteiger partial charge in [-0.3, -0.25) is 0 Å². The first-order chi connectivity index (χ1) is 8.70. The average Bonchev–Trinajstić information content (AvgIpc) is 2.86. The van der Waals surface area contributed by atoms with Crippen LogP contribution in [0.3, 0.4) is 0 Å². The lowest BCUT2D eigenvalue weighted by Gasteiger charge is -1.95. The molecule has 0 aliphatic carbocycles. The van der Waals surface area contributed by atoms with E-state index in [1.165, 1.54) is 18.4 Å². The zero-order valence-electron chi connectivity index (χ0n) is 9.72. The maximum atomic E-state index is 11.3. The molecule has 1 aromatic carbocycles. The fraction of sp³-hybridized carbons (Fsp3) is 0.0714. The highest BCUT2D eigenvalue weighted by molar-refractivity contribution is 7.14. The van der Waals surface area contributed by atoms with Crippen molar-refractivity contribution in [2.45, 2.75) is 0 Å². The molecular formula is C14H11ClO2S. The topological polar surface area (TPSA) is 26.3 Å². The number of methoxy groups -OCH3 is 1. The number of carbonyl (C=O) groups excluding carboxylic acids is 1. The minimum absolute atomic E-state index is 0.308. The van der Waals surface area contributed by atoms with Gasteiger partial charge < -0.3 is 4.74 Å². The number of hydrogen-bond donors (Lipinski definition) is 0. The second kappa shape index (κ2) is 5.85. The molecule has 2 aromatic rings. The van der Waals surface area contributed by atoms with E-state index in [2.05, 4.69) is 4.74 Å². The molecule has 0 bridgehead atoms. The van der Waals surface area contributed by atoms with Crippen molar-refractivity contribution >= 4 is 41.1 Å². The summed E-state index contributed by atoms with van der Waals surface area (Å²) in [5.74, 6) is -0.308. The molecule has 0 aliphatic heterocycles. The third-order valence-corrected chi connectivity index (χ3v) is 3.72. The van der Waals surface area contributed by atoms with E-state index < -0.39 is 0 Å². The predicted molar refractivity (Wildman–Crippen MR) is 76.0 cm³/mol. The Kier molecular flexibility index (Phi) is 4.18. The first-order valence-corrected chi connectivity index (χ1v) is 6.51. The minimum atomic E-state index is -0.308. The molecule has 1 heterocycles. The molecular weight excluding hydrogens is 268 g/mol. The summed E-state index contributed by atoms with van der Waals surface area (Å²) in [6.07, 6.45) is 3.85. The molecule has 0 unspecified atom stereocenters. The van der Waals surface area contributed by atoms with E-state index in [-0.39, 0.29) is 5.97 Å². The van der Waals surface area contributed by atoms with Crippen LogP contribution in [0.1, 0.15) is 20.1 Å². The van der Waals surface area contributed by atoms with Gasteiger partial charge in [-0.15, -0.1) is 11.3 Å². The van der Waals surface area contributed by atoms with Crippen LogP contribution in [0, 0.1) is 0 Å². The third-order valence-electron chi connectivity index (χ3n) is 2.35. The number of halogens is 1. The van der Waals surface area contributed by atoms with E-state index in [0.29, 0.717) is 9.90 Å². The first kappa shape index (κ1) is 12.9. The second-order valence-electron chi connectivity index (χ2n) is 3.55. The zero-order chi connectivity index (χ0) is 13.0. The van der Waals surface area contributed by atoms with Gasteiger partial charge in [-0.2, -0.15) is 0 Å².